The summed E-state index contributed by atoms with van der Waals surface area (Å²) in [6, 6.07) is 4.00. The Hall–Kier alpha value is -0.960. The van der Waals surface area contributed by atoms with Crippen molar-refractivity contribution in [2.45, 2.75) is 6.42 Å². The Morgan fingerprint density at radius 3 is 2.85 bits per heavy atom. The molecule has 13 heavy (non-hydrogen) atoms. The first-order chi connectivity index (χ1) is 6.15. The van der Waals surface area contributed by atoms with E-state index in [1.165, 1.54) is 24.3 Å². The van der Waals surface area contributed by atoms with E-state index >= 15 is 0 Å². The summed E-state index contributed by atoms with van der Waals surface area (Å²) < 4.78 is 13.1. The summed E-state index contributed by atoms with van der Waals surface area (Å²) in [5, 5.41) is 0. The highest BCUT2D eigenvalue weighted by Crippen LogP contribution is 2.19. The highest BCUT2D eigenvalue weighted by Gasteiger charge is 2.08. The largest absolute Gasteiger partial charge is 0.294 e. The van der Waals surface area contributed by atoms with Gasteiger partial charge in [0, 0.05) is 16.5 Å². The van der Waals surface area contributed by atoms with Crippen molar-refractivity contribution in [1.29, 1.82) is 0 Å². The summed E-state index contributed by atoms with van der Waals surface area (Å²) >= 11 is 3.12. The summed E-state index contributed by atoms with van der Waals surface area (Å²) in [7, 11) is 0. The van der Waals surface area contributed by atoms with E-state index in [4.69, 9.17) is 0 Å². The van der Waals surface area contributed by atoms with Crippen LogP contribution in [0, 0.1) is 5.82 Å². The quantitative estimate of drug-likeness (QED) is 0.587. The smallest absolute Gasteiger partial charge is 0.167 e. The first kappa shape index (κ1) is 10.1. The first-order valence-electron chi connectivity index (χ1n) is 3.74. The van der Waals surface area contributed by atoms with Gasteiger partial charge in [-0.25, -0.2) is 4.39 Å². The first-order valence-corrected chi connectivity index (χ1v) is 4.53. The van der Waals surface area contributed by atoms with Gasteiger partial charge in [-0.05, 0) is 34.1 Å². The van der Waals surface area contributed by atoms with Crippen LogP contribution in [0.1, 0.15) is 16.8 Å². The fourth-order valence-electron chi connectivity index (χ4n) is 0.957. The highest BCUT2D eigenvalue weighted by molar-refractivity contribution is 9.10. The van der Waals surface area contributed by atoms with E-state index in [9.17, 15) is 9.18 Å². The molecule has 0 saturated heterocycles. The zero-order valence-electron chi connectivity index (χ0n) is 6.89. The van der Waals surface area contributed by atoms with Crippen molar-refractivity contribution >= 4 is 21.7 Å². The maximum atomic E-state index is 12.6. The molecule has 0 unspecified atom stereocenters. The van der Waals surface area contributed by atoms with Crippen LogP contribution < -0.4 is 0 Å². The van der Waals surface area contributed by atoms with Crippen molar-refractivity contribution in [3.8, 4) is 0 Å². The Bertz CT molecular complexity index is 347. The zero-order chi connectivity index (χ0) is 9.84. The summed E-state index contributed by atoms with van der Waals surface area (Å²) in [5.41, 5.74) is 0.487. The van der Waals surface area contributed by atoms with Crippen LogP contribution in [0.25, 0.3) is 0 Å². The van der Waals surface area contributed by atoms with Gasteiger partial charge in [-0.2, -0.15) is 0 Å². The molecule has 0 aliphatic rings. The maximum Gasteiger partial charge on any atom is 0.167 e. The number of halogens is 2. The number of benzene rings is 1. The lowest BCUT2D eigenvalue weighted by molar-refractivity contribution is 0.0995. The molecule has 3 heteroatoms. The summed E-state index contributed by atoms with van der Waals surface area (Å²) in [6.45, 7) is 3.46. The fraction of sp³-hybridized carbons (Fsp3) is 0.100. The molecular formula is C10H8BrFO. The van der Waals surface area contributed by atoms with E-state index in [-0.39, 0.29) is 18.0 Å². The highest BCUT2D eigenvalue weighted by atomic mass is 79.9. The van der Waals surface area contributed by atoms with Crippen molar-refractivity contribution in [1.82, 2.24) is 0 Å². The zero-order valence-corrected chi connectivity index (χ0v) is 8.47. The molecule has 0 aliphatic carbocycles. The average Bonchev–Trinajstić information content (AvgIpc) is 2.04. The van der Waals surface area contributed by atoms with Crippen molar-refractivity contribution in [2.75, 3.05) is 0 Å². The van der Waals surface area contributed by atoms with Crippen LogP contribution in [0.3, 0.4) is 0 Å². The Morgan fingerprint density at radius 1 is 1.62 bits per heavy atom. The van der Waals surface area contributed by atoms with Crippen LogP contribution >= 0.6 is 15.9 Å². The lowest BCUT2D eigenvalue weighted by Gasteiger charge is -2.00. The van der Waals surface area contributed by atoms with Crippen molar-refractivity contribution < 1.29 is 9.18 Å². The summed E-state index contributed by atoms with van der Waals surface area (Å²) in [4.78, 5) is 11.4. The van der Waals surface area contributed by atoms with E-state index in [1.54, 1.807) is 0 Å². The molecular weight excluding hydrogens is 235 g/mol. The summed E-state index contributed by atoms with van der Waals surface area (Å²) in [6.07, 6.45) is 1.79. The van der Waals surface area contributed by atoms with Crippen LogP contribution in [-0.2, 0) is 0 Å². The Kier molecular flexibility index (Phi) is 3.37. The molecule has 0 aliphatic heterocycles. The third-order valence-corrected chi connectivity index (χ3v) is 2.22. The van der Waals surface area contributed by atoms with E-state index in [0.29, 0.717) is 10.0 Å². The van der Waals surface area contributed by atoms with Crippen LogP contribution in [0.4, 0.5) is 4.39 Å². The molecule has 0 spiro atoms. The van der Waals surface area contributed by atoms with Crippen molar-refractivity contribution in [2.24, 2.45) is 0 Å². The molecule has 1 aromatic rings. The second-order valence-electron chi connectivity index (χ2n) is 2.54. The molecule has 0 heterocycles. The van der Waals surface area contributed by atoms with Gasteiger partial charge < -0.3 is 0 Å². The molecule has 0 bridgehead atoms. The van der Waals surface area contributed by atoms with Gasteiger partial charge in [0.05, 0.1) is 0 Å². The lowest BCUT2D eigenvalue weighted by atomic mass is 10.1. The monoisotopic (exact) mass is 242 g/mol. The maximum absolute atomic E-state index is 12.6. The van der Waals surface area contributed by atoms with Crippen LogP contribution in [-0.4, -0.2) is 5.78 Å². The van der Waals surface area contributed by atoms with Gasteiger partial charge in [-0.3, -0.25) is 4.79 Å². The molecule has 0 radical (unpaired) electrons. The number of allylic oxidation sites excluding steroid dienone is 1. The van der Waals surface area contributed by atoms with Crippen LogP contribution in [0.2, 0.25) is 0 Å². The van der Waals surface area contributed by atoms with Crippen molar-refractivity contribution in [3.05, 3.63) is 46.7 Å². The van der Waals surface area contributed by atoms with Gasteiger partial charge in [0.1, 0.15) is 5.82 Å². The molecule has 0 saturated carbocycles. The molecule has 0 N–H and O–H groups in total. The second-order valence-corrected chi connectivity index (χ2v) is 3.39. The molecule has 0 aromatic heterocycles. The summed E-state index contributed by atoms with van der Waals surface area (Å²) in [5.74, 6) is -0.427. The number of rotatable bonds is 3. The standard InChI is InChI=1S/C10H8BrFO/c1-2-3-10(13)8-5-4-7(12)6-9(8)11/h2,4-6H,1,3H2. The second kappa shape index (κ2) is 4.33. The minimum atomic E-state index is -0.359. The molecule has 1 rings (SSSR count). The van der Waals surface area contributed by atoms with Crippen LogP contribution in [0.15, 0.2) is 35.3 Å². The SMILES string of the molecule is C=CCC(=O)c1ccc(F)cc1Br. The number of Topliss-reactive ketones (excluding diaryl/α,β-unsaturated/α-hetero) is 1. The number of carbonyl (C=O) groups excluding carboxylic acids is 1. The van der Waals surface area contributed by atoms with Gasteiger partial charge in [0.2, 0.25) is 0 Å². The molecule has 1 aromatic carbocycles. The van der Waals surface area contributed by atoms with E-state index < -0.39 is 0 Å². The molecule has 0 fully saturated rings. The molecule has 0 atom stereocenters. The van der Waals surface area contributed by atoms with Gasteiger partial charge in [0.15, 0.2) is 5.78 Å². The topological polar surface area (TPSA) is 17.1 Å². The molecule has 1 nitrogen and oxygen atoms in total. The fourth-order valence-corrected chi connectivity index (χ4v) is 1.53. The normalized spacial score (nSPS) is 9.69. The Labute approximate surface area is 84.4 Å². The number of carbonyl (C=O) groups is 1. The Balaban J connectivity index is 3.01. The lowest BCUT2D eigenvalue weighted by Crippen LogP contribution is -1.98. The third-order valence-electron chi connectivity index (χ3n) is 1.56. The van der Waals surface area contributed by atoms with Crippen LogP contribution in [0.5, 0.6) is 0 Å². The van der Waals surface area contributed by atoms with Gasteiger partial charge in [-0.1, -0.05) is 6.08 Å². The minimum Gasteiger partial charge on any atom is -0.294 e. The Morgan fingerprint density at radius 2 is 2.31 bits per heavy atom. The van der Waals surface area contributed by atoms with E-state index in [2.05, 4.69) is 22.5 Å². The van der Waals surface area contributed by atoms with Gasteiger partial charge in [0.25, 0.3) is 0 Å². The molecule has 68 valence electrons. The van der Waals surface area contributed by atoms with E-state index in [0.717, 1.165) is 0 Å². The predicted octanol–water partition coefficient (Wildman–Crippen LogP) is 3.35. The number of ketones is 1. The predicted molar refractivity (Wildman–Crippen MR) is 53.2 cm³/mol. The molecule has 0 amide bonds. The van der Waals surface area contributed by atoms with Crippen molar-refractivity contribution in [3.63, 3.8) is 0 Å². The number of hydrogen-bond donors (Lipinski definition) is 0. The van der Waals surface area contributed by atoms with Gasteiger partial charge >= 0.3 is 0 Å². The minimum absolute atomic E-state index is 0.0677. The average molecular weight is 243 g/mol. The van der Waals surface area contributed by atoms with Gasteiger partial charge in [-0.15, -0.1) is 6.58 Å². The third kappa shape index (κ3) is 2.49. The van der Waals surface area contributed by atoms with E-state index in [1.807, 2.05) is 0 Å². The number of hydrogen-bond acceptors (Lipinski definition) is 1.